The summed E-state index contributed by atoms with van der Waals surface area (Å²) in [5, 5.41) is 3.96. The number of nitrogens with one attached hydrogen (secondary N) is 1. The van der Waals surface area contributed by atoms with Crippen LogP contribution in [-0.2, 0) is 6.42 Å². The average Bonchev–Trinajstić information content (AvgIpc) is 2.96. The molecule has 0 amide bonds. The van der Waals surface area contributed by atoms with Gasteiger partial charge in [0.2, 0.25) is 0 Å². The van der Waals surface area contributed by atoms with Crippen molar-refractivity contribution in [1.29, 1.82) is 0 Å². The first-order valence-electron chi connectivity index (χ1n) is 7.70. The second-order valence-electron chi connectivity index (χ2n) is 5.45. The van der Waals surface area contributed by atoms with Gasteiger partial charge >= 0.3 is 152 Å². The number of aryl methyl sites for hydroxylation is 2. The van der Waals surface area contributed by atoms with Crippen molar-refractivity contribution >= 4 is 42.3 Å². The minimum absolute atomic E-state index is 0.0334. The van der Waals surface area contributed by atoms with Crippen LogP contribution >= 0.6 is 11.6 Å². The summed E-state index contributed by atoms with van der Waals surface area (Å²) >= 11 is 5.77. The van der Waals surface area contributed by atoms with Crippen LogP contribution in [0, 0.1) is 6.92 Å². The van der Waals surface area contributed by atoms with Crippen LogP contribution in [0.15, 0.2) is 48.5 Å². The zero-order valence-electron chi connectivity index (χ0n) is 13.5. The SMILES string of the molecule is CCc1ccc(Nc2nc(C)c(C(=O)c3ccc(Cl)cc3)[se]2)cc1. The molecular formula is C19H17ClN2OSe. The van der Waals surface area contributed by atoms with Crippen LogP contribution < -0.4 is 5.32 Å². The summed E-state index contributed by atoms with van der Waals surface area (Å²) in [4.78, 5) is 17.2. The van der Waals surface area contributed by atoms with E-state index in [2.05, 4.69) is 29.4 Å². The van der Waals surface area contributed by atoms with Gasteiger partial charge in [-0.3, -0.25) is 0 Å². The second kappa shape index (κ2) is 7.35. The van der Waals surface area contributed by atoms with E-state index in [0.717, 1.165) is 26.9 Å². The molecule has 0 radical (unpaired) electrons. The summed E-state index contributed by atoms with van der Waals surface area (Å²) < 4.78 is 1.65. The van der Waals surface area contributed by atoms with Crippen LogP contribution in [0.3, 0.4) is 0 Å². The molecule has 24 heavy (non-hydrogen) atoms. The van der Waals surface area contributed by atoms with Crippen LogP contribution in [0.25, 0.3) is 0 Å². The van der Waals surface area contributed by atoms with E-state index in [1.165, 1.54) is 5.56 Å². The second-order valence-corrected chi connectivity index (χ2v) is 7.98. The van der Waals surface area contributed by atoms with Gasteiger partial charge in [0.1, 0.15) is 0 Å². The molecule has 0 saturated carbocycles. The van der Waals surface area contributed by atoms with Gasteiger partial charge < -0.3 is 0 Å². The fourth-order valence-corrected chi connectivity index (χ4v) is 4.46. The summed E-state index contributed by atoms with van der Waals surface area (Å²) in [6.45, 7) is 4.02. The van der Waals surface area contributed by atoms with Crippen LogP contribution in [0.2, 0.25) is 5.02 Å². The third kappa shape index (κ3) is 3.78. The molecule has 0 bridgehead atoms. The van der Waals surface area contributed by atoms with Gasteiger partial charge in [-0.1, -0.05) is 0 Å². The predicted molar refractivity (Wildman–Crippen MR) is 99.9 cm³/mol. The number of hydrogen-bond donors (Lipinski definition) is 1. The minimum atomic E-state index is -0.121. The molecule has 0 aliphatic heterocycles. The van der Waals surface area contributed by atoms with E-state index in [4.69, 9.17) is 11.6 Å². The Bertz CT molecular complexity index is 854. The van der Waals surface area contributed by atoms with Crippen molar-refractivity contribution < 1.29 is 4.79 Å². The number of rotatable bonds is 5. The first kappa shape index (κ1) is 17.0. The van der Waals surface area contributed by atoms with E-state index < -0.39 is 0 Å². The summed E-state index contributed by atoms with van der Waals surface area (Å²) in [7, 11) is 0. The Kier molecular flexibility index (Phi) is 5.20. The fourth-order valence-electron chi connectivity index (χ4n) is 2.34. The molecule has 3 rings (SSSR count). The molecule has 0 atom stereocenters. The van der Waals surface area contributed by atoms with E-state index >= 15 is 0 Å². The predicted octanol–water partition coefficient (Wildman–Crippen LogP) is 4.64. The maximum absolute atomic E-state index is 12.7. The van der Waals surface area contributed by atoms with Crippen molar-refractivity contribution in [2.75, 3.05) is 5.32 Å². The maximum atomic E-state index is 12.7. The Hall–Kier alpha value is -1.87. The summed E-state index contributed by atoms with van der Waals surface area (Å²) in [6.07, 6.45) is 1.02. The van der Waals surface area contributed by atoms with Gasteiger partial charge in [-0.2, -0.15) is 0 Å². The molecule has 0 aliphatic rings. The van der Waals surface area contributed by atoms with Gasteiger partial charge in [-0.05, 0) is 0 Å². The van der Waals surface area contributed by atoms with E-state index in [1.807, 2.05) is 19.1 Å². The van der Waals surface area contributed by atoms with Crippen molar-refractivity contribution in [1.82, 2.24) is 4.98 Å². The van der Waals surface area contributed by atoms with Crippen molar-refractivity contribution in [3.8, 4) is 0 Å². The molecular weight excluding hydrogens is 387 g/mol. The molecule has 5 heteroatoms. The van der Waals surface area contributed by atoms with Gasteiger partial charge in [-0.25, -0.2) is 0 Å². The molecule has 1 heterocycles. The van der Waals surface area contributed by atoms with Gasteiger partial charge in [0.25, 0.3) is 0 Å². The molecule has 3 aromatic rings. The van der Waals surface area contributed by atoms with E-state index in [9.17, 15) is 4.79 Å². The number of anilines is 2. The normalized spacial score (nSPS) is 10.6. The van der Waals surface area contributed by atoms with Crippen LogP contribution in [0.5, 0.6) is 0 Å². The quantitative estimate of drug-likeness (QED) is 0.498. The molecule has 122 valence electrons. The fraction of sp³-hybridized carbons (Fsp3) is 0.158. The molecule has 0 aliphatic carbocycles. The van der Waals surface area contributed by atoms with Crippen LogP contribution in [0.1, 0.15) is 33.0 Å². The van der Waals surface area contributed by atoms with Crippen molar-refractivity contribution in [2.45, 2.75) is 20.3 Å². The zero-order valence-corrected chi connectivity index (χ0v) is 15.9. The van der Waals surface area contributed by atoms with Gasteiger partial charge in [0.15, 0.2) is 0 Å². The molecule has 2 aromatic carbocycles. The molecule has 3 nitrogen and oxygen atoms in total. The Labute approximate surface area is 152 Å². The number of carbonyl (C=O) groups is 1. The van der Waals surface area contributed by atoms with Crippen molar-refractivity contribution in [3.05, 3.63) is 74.8 Å². The number of ketones is 1. The van der Waals surface area contributed by atoms with Crippen molar-refractivity contribution in [3.63, 3.8) is 0 Å². The Balaban J connectivity index is 1.81. The number of hydrogen-bond acceptors (Lipinski definition) is 3. The molecule has 1 N–H and O–H groups in total. The Morgan fingerprint density at radius 1 is 1.12 bits per heavy atom. The number of nitrogens with zero attached hydrogens (tertiary/aromatic N) is 1. The van der Waals surface area contributed by atoms with Crippen LogP contribution in [0.4, 0.5) is 10.4 Å². The first-order chi connectivity index (χ1) is 11.6. The standard InChI is InChI=1S/C19H17ClN2OSe/c1-3-13-4-10-16(11-5-13)22-19-21-12(2)18(24-19)17(23)14-6-8-15(20)9-7-14/h4-11H,3H2,1-2H3,(H,21,22). The first-order valence-corrected chi connectivity index (χ1v) is 9.79. The zero-order chi connectivity index (χ0) is 17.1. The van der Waals surface area contributed by atoms with E-state index in [-0.39, 0.29) is 20.3 Å². The van der Waals surface area contributed by atoms with Gasteiger partial charge in [0, 0.05) is 0 Å². The molecule has 0 fully saturated rings. The Morgan fingerprint density at radius 3 is 2.42 bits per heavy atom. The van der Waals surface area contributed by atoms with Crippen LogP contribution in [-0.4, -0.2) is 25.3 Å². The molecule has 0 saturated heterocycles. The average molecular weight is 404 g/mol. The van der Waals surface area contributed by atoms with E-state index in [0.29, 0.717) is 10.6 Å². The number of carbonyl (C=O) groups excluding carboxylic acids is 1. The summed E-state index contributed by atoms with van der Waals surface area (Å²) in [5.74, 6) is 0.0334. The summed E-state index contributed by atoms with van der Waals surface area (Å²) in [5.41, 5.74) is 3.75. The third-order valence-corrected chi connectivity index (χ3v) is 6.22. The third-order valence-electron chi connectivity index (χ3n) is 3.72. The van der Waals surface area contributed by atoms with Crippen molar-refractivity contribution in [2.24, 2.45) is 0 Å². The monoisotopic (exact) mass is 404 g/mol. The topological polar surface area (TPSA) is 42.0 Å². The number of halogens is 1. The van der Waals surface area contributed by atoms with Gasteiger partial charge in [0.05, 0.1) is 0 Å². The summed E-state index contributed by atoms with van der Waals surface area (Å²) in [6, 6.07) is 15.3. The number of benzene rings is 2. The number of aromatic nitrogens is 1. The Morgan fingerprint density at radius 2 is 1.79 bits per heavy atom. The molecule has 0 unspecified atom stereocenters. The molecule has 0 spiro atoms. The molecule has 1 aromatic heterocycles. The van der Waals surface area contributed by atoms with E-state index in [1.54, 1.807) is 24.3 Å². The van der Waals surface area contributed by atoms with Gasteiger partial charge in [-0.15, -0.1) is 0 Å².